The van der Waals surface area contributed by atoms with Gasteiger partial charge in [-0.05, 0) is 12.1 Å². The molecule has 8 heteroatoms. The molecule has 0 aliphatic rings. The summed E-state index contributed by atoms with van der Waals surface area (Å²) in [7, 11) is -3.62. The van der Waals surface area contributed by atoms with Crippen molar-refractivity contribution in [2.75, 3.05) is 12.4 Å². The molecule has 0 saturated carbocycles. The highest BCUT2D eigenvalue weighted by molar-refractivity contribution is 7.91. The molecule has 0 amide bonds. The lowest BCUT2D eigenvalue weighted by atomic mass is 10.4. The molecule has 0 aliphatic carbocycles. The number of halogens is 2. The van der Waals surface area contributed by atoms with Crippen molar-refractivity contribution in [1.82, 2.24) is 5.32 Å². The summed E-state index contributed by atoms with van der Waals surface area (Å²) >= 11 is 11.6. The fraction of sp³-hybridized carbons (Fsp3) is 0.182. The number of carboxylic acids is 1. The highest BCUT2D eigenvalue weighted by Crippen LogP contribution is 2.29. The molecule has 0 spiro atoms. The maximum absolute atomic E-state index is 12.0. The summed E-state index contributed by atoms with van der Waals surface area (Å²) in [5, 5.41) is 11.1. The summed E-state index contributed by atoms with van der Waals surface area (Å²) in [6, 6.07) is 4.34. The summed E-state index contributed by atoms with van der Waals surface area (Å²) in [4.78, 5) is 10.1. The van der Waals surface area contributed by atoms with Crippen LogP contribution in [0.25, 0.3) is 0 Å². The molecule has 1 aromatic rings. The zero-order valence-electron chi connectivity index (χ0n) is 9.64. The van der Waals surface area contributed by atoms with Gasteiger partial charge in [-0.3, -0.25) is 5.32 Å². The normalized spacial score (nSPS) is 11.9. The van der Waals surface area contributed by atoms with E-state index in [4.69, 9.17) is 28.3 Å². The minimum absolute atomic E-state index is 0.0213. The Kier molecular flexibility index (Phi) is 5.81. The van der Waals surface area contributed by atoms with Crippen LogP contribution < -0.4 is 5.32 Å². The van der Waals surface area contributed by atoms with Gasteiger partial charge in [-0.25, -0.2) is 13.2 Å². The van der Waals surface area contributed by atoms with Crippen molar-refractivity contribution < 1.29 is 18.3 Å². The second kappa shape index (κ2) is 6.91. The second-order valence-electron chi connectivity index (χ2n) is 3.51. The molecule has 104 valence electrons. The summed E-state index contributed by atoms with van der Waals surface area (Å²) in [5.41, 5.74) is 0. The van der Waals surface area contributed by atoms with Gasteiger partial charge in [0.2, 0.25) is 0 Å². The predicted molar refractivity (Wildman–Crippen MR) is 73.3 cm³/mol. The third-order valence-corrected chi connectivity index (χ3v) is 4.59. The van der Waals surface area contributed by atoms with E-state index in [0.29, 0.717) is 0 Å². The molecule has 19 heavy (non-hydrogen) atoms. The predicted octanol–water partition coefficient (Wildman–Crippen LogP) is 1.95. The molecular weight excluding hydrogens is 313 g/mol. The lowest BCUT2D eigenvalue weighted by molar-refractivity contribution is -0.131. The van der Waals surface area contributed by atoms with Gasteiger partial charge in [0, 0.05) is 12.6 Å². The third kappa shape index (κ3) is 4.83. The second-order valence-corrected chi connectivity index (χ2v) is 6.25. The molecule has 0 heterocycles. The van der Waals surface area contributed by atoms with Crippen LogP contribution >= 0.6 is 23.2 Å². The molecule has 0 aliphatic heterocycles. The van der Waals surface area contributed by atoms with E-state index in [-0.39, 0.29) is 27.4 Å². The molecule has 0 bridgehead atoms. The summed E-state index contributed by atoms with van der Waals surface area (Å²) in [5.74, 6) is -1.46. The van der Waals surface area contributed by atoms with Crippen LogP contribution in [0.4, 0.5) is 0 Å². The van der Waals surface area contributed by atoms with Crippen molar-refractivity contribution in [1.29, 1.82) is 0 Å². The molecule has 1 rings (SSSR count). The number of carbonyl (C=O) groups is 1. The van der Waals surface area contributed by atoms with E-state index in [0.717, 1.165) is 6.08 Å². The Labute approximate surface area is 120 Å². The Morgan fingerprint density at radius 1 is 1.37 bits per heavy atom. The number of nitrogens with one attached hydrogen (secondary N) is 1. The number of sulfone groups is 1. The fourth-order valence-electron chi connectivity index (χ4n) is 1.24. The molecule has 5 nitrogen and oxygen atoms in total. The Bertz CT molecular complexity index is 599. The average molecular weight is 324 g/mol. The molecule has 1 aromatic carbocycles. The Balaban J connectivity index is 2.72. The van der Waals surface area contributed by atoms with Gasteiger partial charge in [0.05, 0.1) is 14.9 Å². The standard InChI is InChI=1S/C11H11Cl2NO4S/c12-8-3-1-4-9(11(8)13)19(17,18)7-14-6-2-5-10(15)16/h1-5,14H,6-7H2,(H,15,16)/b5-2+. The van der Waals surface area contributed by atoms with E-state index in [1.54, 1.807) is 0 Å². The molecule has 0 aromatic heterocycles. The minimum atomic E-state index is -3.62. The van der Waals surface area contributed by atoms with Crippen LogP contribution in [0, 0.1) is 0 Å². The Morgan fingerprint density at radius 3 is 2.68 bits per heavy atom. The highest BCUT2D eigenvalue weighted by Gasteiger charge is 2.18. The van der Waals surface area contributed by atoms with Gasteiger partial charge < -0.3 is 5.11 Å². The first-order valence-corrected chi connectivity index (χ1v) is 7.52. The summed E-state index contributed by atoms with van der Waals surface area (Å²) in [6.07, 6.45) is 2.23. The maximum Gasteiger partial charge on any atom is 0.328 e. The van der Waals surface area contributed by atoms with E-state index in [2.05, 4.69) is 5.32 Å². The largest absolute Gasteiger partial charge is 0.478 e. The average Bonchev–Trinajstić information content (AvgIpc) is 2.31. The van der Waals surface area contributed by atoms with Gasteiger partial charge in [0.1, 0.15) is 5.88 Å². The van der Waals surface area contributed by atoms with Crippen LogP contribution in [-0.4, -0.2) is 31.9 Å². The van der Waals surface area contributed by atoms with Crippen LogP contribution in [0.15, 0.2) is 35.2 Å². The fourth-order valence-corrected chi connectivity index (χ4v) is 3.16. The van der Waals surface area contributed by atoms with Crippen molar-refractivity contribution in [2.24, 2.45) is 0 Å². The number of carboxylic acid groups (broad SMARTS) is 1. The van der Waals surface area contributed by atoms with Crippen LogP contribution in [0.5, 0.6) is 0 Å². The Hall–Kier alpha value is -1.08. The van der Waals surface area contributed by atoms with Crippen molar-refractivity contribution in [3.05, 3.63) is 40.4 Å². The quantitative estimate of drug-likeness (QED) is 0.617. The smallest absolute Gasteiger partial charge is 0.328 e. The van der Waals surface area contributed by atoms with E-state index in [1.807, 2.05) is 0 Å². The summed E-state index contributed by atoms with van der Waals surface area (Å²) < 4.78 is 23.9. The van der Waals surface area contributed by atoms with Gasteiger partial charge in [-0.1, -0.05) is 35.3 Å². The van der Waals surface area contributed by atoms with Crippen molar-refractivity contribution in [2.45, 2.75) is 4.90 Å². The topological polar surface area (TPSA) is 83.5 Å². The lowest BCUT2D eigenvalue weighted by Gasteiger charge is -2.07. The molecular formula is C11H11Cl2NO4S. The molecule has 0 fully saturated rings. The molecule has 0 atom stereocenters. The molecule has 0 unspecified atom stereocenters. The molecule has 0 saturated heterocycles. The van der Waals surface area contributed by atoms with Crippen LogP contribution in [0.3, 0.4) is 0 Å². The van der Waals surface area contributed by atoms with Crippen LogP contribution in [0.1, 0.15) is 0 Å². The molecule has 2 N–H and O–H groups in total. The van der Waals surface area contributed by atoms with E-state index >= 15 is 0 Å². The van der Waals surface area contributed by atoms with E-state index < -0.39 is 15.8 Å². The monoisotopic (exact) mass is 323 g/mol. The number of aliphatic carboxylic acids is 1. The van der Waals surface area contributed by atoms with Gasteiger partial charge in [0.15, 0.2) is 9.84 Å². The van der Waals surface area contributed by atoms with Gasteiger partial charge >= 0.3 is 5.97 Å². The number of rotatable bonds is 6. The highest BCUT2D eigenvalue weighted by atomic mass is 35.5. The number of hydrogen-bond acceptors (Lipinski definition) is 4. The SMILES string of the molecule is O=C(O)/C=C/CNCS(=O)(=O)c1cccc(Cl)c1Cl. The van der Waals surface area contributed by atoms with Crippen molar-refractivity contribution in [3.63, 3.8) is 0 Å². The zero-order valence-corrected chi connectivity index (χ0v) is 12.0. The van der Waals surface area contributed by atoms with Gasteiger partial charge in [-0.2, -0.15) is 0 Å². The first-order chi connectivity index (χ1) is 8.84. The van der Waals surface area contributed by atoms with Gasteiger partial charge in [0.25, 0.3) is 0 Å². The lowest BCUT2D eigenvalue weighted by Crippen LogP contribution is -2.23. The summed E-state index contributed by atoms with van der Waals surface area (Å²) in [6.45, 7) is 0.115. The first kappa shape index (κ1) is 16.0. The van der Waals surface area contributed by atoms with Gasteiger partial charge in [-0.15, -0.1) is 0 Å². The first-order valence-electron chi connectivity index (χ1n) is 5.11. The van der Waals surface area contributed by atoms with Crippen molar-refractivity contribution >= 4 is 39.0 Å². The van der Waals surface area contributed by atoms with Crippen molar-refractivity contribution in [3.8, 4) is 0 Å². The number of benzene rings is 1. The number of hydrogen-bond donors (Lipinski definition) is 2. The Morgan fingerprint density at radius 2 is 2.05 bits per heavy atom. The van der Waals surface area contributed by atoms with E-state index in [1.165, 1.54) is 24.3 Å². The maximum atomic E-state index is 12.0. The van der Waals surface area contributed by atoms with Crippen LogP contribution in [0.2, 0.25) is 10.0 Å². The third-order valence-electron chi connectivity index (χ3n) is 2.07. The minimum Gasteiger partial charge on any atom is -0.478 e. The van der Waals surface area contributed by atoms with E-state index in [9.17, 15) is 13.2 Å². The zero-order chi connectivity index (χ0) is 14.5. The molecule has 0 radical (unpaired) electrons. The van der Waals surface area contributed by atoms with Crippen LogP contribution in [-0.2, 0) is 14.6 Å².